The van der Waals surface area contributed by atoms with E-state index in [0.29, 0.717) is 38.3 Å². The molecule has 0 amide bonds. The van der Waals surface area contributed by atoms with Crippen LogP contribution in [-0.4, -0.2) is 71.7 Å². The number of ether oxygens (including phenoxy) is 2. The first-order valence-corrected chi connectivity index (χ1v) is 13.0. The molecular formula is C20H40N4O4S. The molecule has 0 aromatic heterocycles. The summed E-state index contributed by atoms with van der Waals surface area (Å²) in [6.45, 7) is 5.26. The highest BCUT2D eigenvalue weighted by Crippen LogP contribution is 2.19. The molecule has 8 nitrogen and oxygen atoms in total. The van der Waals surface area contributed by atoms with E-state index in [1.165, 1.54) is 25.7 Å². The summed E-state index contributed by atoms with van der Waals surface area (Å²) in [6, 6.07) is 0. The summed E-state index contributed by atoms with van der Waals surface area (Å²) in [6.07, 6.45) is 10.9. The minimum absolute atomic E-state index is 0.00109. The molecule has 1 unspecified atom stereocenters. The van der Waals surface area contributed by atoms with Crippen molar-refractivity contribution in [1.82, 2.24) is 15.4 Å². The van der Waals surface area contributed by atoms with Gasteiger partial charge >= 0.3 is 0 Å². The van der Waals surface area contributed by atoms with Gasteiger partial charge in [0.1, 0.15) is 0 Å². The molecule has 0 bridgehead atoms. The Labute approximate surface area is 176 Å². The van der Waals surface area contributed by atoms with Gasteiger partial charge in [-0.05, 0) is 39.0 Å². The minimum Gasteiger partial charge on any atom is -0.377 e. The van der Waals surface area contributed by atoms with E-state index in [1.54, 1.807) is 0 Å². The fourth-order valence-electron chi connectivity index (χ4n) is 3.69. The lowest BCUT2D eigenvalue weighted by atomic mass is 10.1. The second-order valence-corrected chi connectivity index (χ2v) is 9.75. The maximum absolute atomic E-state index is 12.2. The Morgan fingerprint density at radius 2 is 1.83 bits per heavy atom. The van der Waals surface area contributed by atoms with Crippen LogP contribution in [0.2, 0.25) is 0 Å². The smallest absolute Gasteiger partial charge is 0.213 e. The average molecular weight is 433 g/mol. The number of hydrogen-bond donors (Lipinski definition) is 3. The maximum atomic E-state index is 12.2. The van der Waals surface area contributed by atoms with Crippen LogP contribution in [0.4, 0.5) is 0 Å². The largest absolute Gasteiger partial charge is 0.377 e. The molecule has 0 radical (unpaired) electrons. The summed E-state index contributed by atoms with van der Waals surface area (Å²) in [5.41, 5.74) is 0. The first-order valence-electron chi connectivity index (χ1n) is 11.3. The lowest BCUT2D eigenvalue weighted by molar-refractivity contribution is 0.0200. The van der Waals surface area contributed by atoms with Crippen molar-refractivity contribution in [3.8, 4) is 0 Å². The second kappa shape index (κ2) is 14.2. The predicted octanol–water partition coefficient (Wildman–Crippen LogP) is 1.77. The molecule has 2 aliphatic rings. The van der Waals surface area contributed by atoms with Crippen LogP contribution in [0.15, 0.2) is 4.99 Å². The molecule has 2 rings (SSSR count). The standard InChI is InChI=1S/C20H40N4O4S/c1-2-21-20(22-12-15-28-18-9-5-3-4-6-10-18)23-13-16-29(25,26)24-17-19-11-7-8-14-27-19/h18-19,24H,2-17H2,1H3,(H2,21,22,23). The van der Waals surface area contributed by atoms with E-state index in [2.05, 4.69) is 20.3 Å². The lowest BCUT2D eigenvalue weighted by Crippen LogP contribution is -2.42. The third-order valence-corrected chi connectivity index (χ3v) is 6.68. The highest BCUT2D eigenvalue weighted by Gasteiger charge is 2.17. The van der Waals surface area contributed by atoms with E-state index in [-0.39, 0.29) is 11.9 Å². The van der Waals surface area contributed by atoms with Gasteiger partial charge in [0.05, 0.1) is 31.1 Å². The molecule has 0 aromatic carbocycles. The molecule has 3 N–H and O–H groups in total. The van der Waals surface area contributed by atoms with Gasteiger partial charge in [0.25, 0.3) is 0 Å². The Morgan fingerprint density at radius 1 is 1.07 bits per heavy atom. The van der Waals surface area contributed by atoms with Crippen molar-refractivity contribution in [2.45, 2.75) is 76.9 Å². The molecule has 170 valence electrons. The molecular weight excluding hydrogens is 392 g/mol. The van der Waals surface area contributed by atoms with Crippen molar-refractivity contribution in [3.63, 3.8) is 0 Å². The number of nitrogens with zero attached hydrogens (tertiary/aromatic N) is 1. The molecule has 1 aliphatic carbocycles. The van der Waals surface area contributed by atoms with Gasteiger partial charge in [0, 0.05) is 26.2 Å². The van der Waals surface area contributed by atoms with E-state index in [0.717, 1.165) is 45.3 Å². The predicted molar refractivity (Wildman–Crippen MR) is 117 cm³/mol. The van der Waals surface area contributed by atoms with Crippen LogP contribution >= 0.6 is 0 Å². The molecule has 0 spiro atoms. The van der Waals surface area contributed by atoms with Crippen LogP contribution in [0.3, 0.4) is 0 Å². The second-order valence-electron chi connectivity index (χ2n) is 7.83. The quantitative estimate of drug-likeness (QED) is 0.199. The van der Waals surface area contributed by atoms with Gasteiger partial charge in [-0.1, -0.05) is 25.7 Å². The molecule has 1 aliphatic heterocycles. The van der Waals surface area contributed by atoms with E-state index in [9.17, 15) is 8.42 Å². The summed E-state index contributed by atoms with van der Waals surface area (Å²) >= 11 is 0. The zero-order chi connectivity index (χ0) is 20.8. The Hall–Kier alpha value is -0.900. The van der Waals surface area contributed by atoms with Crippen molar-refractivity contribution in [2.75, 3.05) is 45.1 Å². The van der Waals surface area contributed by atoms with Gasteiger partial charge in [-0.2, -0.15) is 0 Å². The van der Waals surface area contributed by atoms with Gasteiger partial charge < -0.3 is 20.1 Å². The molecule has 1 saturated heterocycles. The highest BCUT2D eigenvalue weighted by molar-refractivity contribution is 7.89. The third-order valence-electron chi connectivity index (χ3n) is 5.33. The monoisotopic (exact) mass is 432 g/mol. The van der Waals surface area contributed by atoms with Crippen LogP contribution in [0.5, 0.6) is 0 Å². The third kappa shape index (κ3) is 11.2. The minimum atomic E-state index is -3.33. The number of rotatable bonds is 11. The summed E-state index contributed by atoms with van der Waals surface area (Å²) in [7, 11) is -3.33. The van der Waals surface area contributed by atoms with Crippen LogP contribution in [0.25, 0.3) is 0 Å². The molecule has 29 heavy (non-hydrogen) atoms. The Bertz CT molecular complexity index is 557. The number of sulfonamides is 1. The average Bonchev–Trinajstić information content (AvgIpc) is 2.99. The van der Waals surface area contributed by atoms with E-state index in [1.807, 2.05) is 6.92 Å². The Balaban J connectivity index is 1.63. The SMILES string of the molecule is CCNC(=NCCOC1CCCCCC1)NCCS(=O)(=O)NCC1CCCCO1. The molecule has 1 atom stereocenters. The number of guanidine groups is 1. The Kier molecular flexibility index (Phi) is 11.9. The van der Waals surface area contributed by atoms with Crippen molar-refractivity contribution >= 4 is 16.0 Å². The lowest BCUT2D eigenvalue weighted by Gasteiger charge is -2.22. The van der Waals surface area contributed by atoms with Gasteiger partial charge in [-0.15, -0.1) is 0 Å². The first kappa shape index (κ1) is 24.4. The fraction of sp³-hybridized carbons (Fsp3) is 0.950. The van der Waals surface area contributed by atoms with Crippen molar-refractivity contribution in [1.29, 1.82) is 0 Å². The van der Waals surface area contributed by atoms with Crippen molar-refractivity contribution in [2.24, 2.45) is 4.99 Å². The summed E-state index contributed by atoms with van der Waals surface area (Å²) in [5.74, 6) is 0.630. The molecule has 0 aromatic rings. The summed E-state index contributed by atoms with van der Waals surface area (Å²) in [5, 5.41) is 6.25. The van der Waals surface area contributed by atoms with Gasteiger partial charge in [-0.25, -0.2) is 13.1 Å². The fourth-order valence-corrected chi connectivity index (χ4v) is 4.65. The normalized spacial score (nSPS) is 22.2. The van der Waals surface area contributed by atoms with Gasteiger partial charge in [0.2, 0.25) is 10.0 Å². The summed E-state index contributed by atoms with van der Waals surface area (Å²) < 4.78 is 38.6. The van der Waals surface area contributed by atoms with Crippen LogP contribution in [0.1, 0.15) is 64.7 Å². The van der Waals surface area contributed by atoms with Crippen LogP contribution < -0.4 is 15.4 Å². The zero-order valence-corrected chi connectivity index (χ0v) is 18.8. The van der Waals surface area contributed by atoms with Crippen molar-refractivity contribution in [3.05, 3.63) is 0 Å². The van der Waals surface area contributed by atoms with E-state index < -0.39 is 10.0 Å². The first-order chi connectivity index (χ1) is 14.1. The Morgan fingerprint density at radius 3 is 2.52 bits per heavy atom. The maximum Gasteiger partial charge on any atom is 0.213 e. The molecule has 1 saturated carbocycles. The summed E-state index contributed by atoms with van der Waals surface area (Å²) in [4.78, 5) is 4.49. The van der Waals surface area contributed by atoms with E-state index in [4.69, 9.17) is 9.47 Å². The number of hydrogen-bond acceptors (Lipinski definition) is 5. The topological polar surface area (TPSA) is 101 Å². The molecule has 9 heteroatoms. The van der Waals surface area contributed by atoms with Crippen LogP contribution in [0, 0.1) is 0 Å². The van der Waals surface area contributed by atoms with Gasteiger partial charge in [0.15, 0.2) is 5.96 Å². The van der Waals surface area contributed by atoms with Crippen LogP contribution in [-0.2, 0) is 19.5 Å². The molecule has 1 heterocycles. The zero-order valence-electron chi connectivity index (χ0n) is 18.0. The van der Waals surface area contributed by atoms with E-state index >= 15 is 0 Å². The van der Waals surface area contributed by atoms with Gasteiger partial charge in [-0.3, -0.25) is 4.99 Å². The van der Waals surface area contributed by atoms with Crippen molar-refractivity contribution < 1.29 is 17.9 Å². The number of nitrogens with one attached hydrogen (secondary N) is 3. The highest BCUT2D eigenvalue weighted by atomic mass is 32.2. The molecule has 2 fully saturated rings. The number of aliphatic imine (C=N–C) groups is 1.